The molecule has 0 radical (unpaired) electrons. The van der Waals surface area contributed by atoms with Crippen LogP contribution in [0.4, 0.5) is 5.82 Å². The Balaban J connectivity index is 2.33. The molecule has 0 saturated heterocycles. The highest BCUT2D eigenvalue weighted by atomic mass is 35.5. The molecule has 2 aromatic carbocycles. The molecule has 0 aliphatic rings. The molecule has 1 aromatic heterocycles. The fourth-order valence-corrected chi connectivity index (χ4v) is 2.36. The molecule has 0 bridgehead atoms. The Labute approximate surface area is 121 Å². The molecule has 3 rings (SSSR count). The van der Waals surface area contributed by atoms with Gasteiger partial charge in [0, 0.05) is 10.9 Å². The highest BCUT2D eigenvalue weighted by Gasteiger charge is 2.14. The average Bonchev–Trinajstić information content (AvgIpc) is 2.48. The van der Waals surface area contributed by atoms with Gasteiger partial charge < -0.3 is 10.5 Å². The minimum Gasteiger partial charge on any atom is -0.495 e. The summed E-state index contributed by atoms with van der Waals surface area (Å²) in [7, 11) is 1.62. The maximum absolute atomic E-state index is 5.91. The maximum atomic E-state index is 5.91. The Morgan fingerprint density at radius 3 is 2.75 bits per heavy atom. The van der Waals surface area contributed by atoms with Crippen LogP contribution >= 0.6 is 11.6 Å². The van der Waals surface area contributed by atoms with Crippen molar-refractivity contribution in [3.05, 3.63) is 47.7 Å². The second-order valence-corrected chi connectivity index (χ2v) is 4.68. The van der Waals surface area contributed by atoms with Gasteiger partial charge in [-0.15, -0.1) is 0 Å². The first-order valence-corrected chi connectivity index (χ1v) is 6.42. The molecule has 0 spiro atoms. The normalized spacial score (nSPS) is 10.7. The lowest BCUT2D eigenvalue weighted by Gasteiger charge is -2.12. The van der Waals surface area contributed by atoms with Crippen LogP contribution in [0.5, 0.6) is 5.75 Å². The van der Waals surface area contributed by atoms with E-state index in [1.165, 1.54) is 6.20 Å². The summed E-state index contributed by atoms with van der Waals surface area (Å²) in [5, 5.41) is 2.37. The summed E-state index contributed by atoms with van der Waals surface area (Å²) in [6, 6.07) is 11.9. The van der Waals surface area contributed by atoms with Crippen LogP contribution in [0.2, 0.25) is 5.15 Å². The van der Waals surface area contributed by atoms with Crippen LogP contribution in [0.3, 0.4) is 0 Å². The number of benzene rings is 2. The smallest absolute Gasteiger partial charge is 0.150 e. The van der Waals surface area contributed by atoms with Crippen LogP contribution in [-0.2, 0) is 0 Å². The molecule has 0 aliphatic carbocycles. The number of anilines is 1. The Morgan fingerprint density at radius 2 is 1.95 bits per heavy atom. The van der Waals surface area contributed by atoms with Gasteiger partial charge in [0.15, 0.2) is 0 Å². The SMILES string of the molecule is COc1c(-c2nc(Cl)cnc2N)ccc2ccccc12. The fraction of sp³-hybridized carbons (Fsp3) is 0.0667. The molecule has 4 nitrogen and oxygen atoms in total. The maximum Gasteiger partial charge on any atom is 0.150 e. The molecule has 0 atom stereocenters. The Kier molecular flexibility index (Phi) is 3.16. The molecule has 2 N–H and O–H groups in total. The van der Waals surface area contributed by atoms with E-state index in [4.69, 9.17) is 22.1 Å². The standard InChI is InChI=1S/C15H12ClN3O/c1-20-14-10-5-3-2-4-9(10)6-7-11(14)13-15(17)18-8-12(16)19-13/h2-8H,1H3,(H2,17,18). The van der Waals surface area contributed by atoms with Gasteiger partial charge in [-0.1, -0.05) is 41.9 Å². The second-order valence-electron chi connectivity index (χ2n) is 4.29. The summed E-state index contributed by atoms with van der Waals surface area (Å²) in [5.74, 6) is 1.04. The molecule has 5 heteroatoms. The number of rotatable bonds is 2. The Morgan fingerprint density at radius 1 is 1.15 bits per heavy atom. The predicted octanol–water partition coefficient (Wildman–Crippen LogP) is 3.54. The van der Waals surface area contributed by atoms with Crippen LogP contribution < -0.4 is 10.5 Å². The average molecular weight is 286 g/mol. The summed E-state index contributed by atoms with van der Waals surface area (Å²) >= 11 is 5.91. The largest absolute Gasteiger partial charge is 0.495 e. The van der Waals surface area contributed by atoms with Crippen LogP contribution in [0.1, 0.15) is 0 Å². The van der Waals surface area contributed by atoms with E-state index in [0.717, 1.165) is 16.3 Å². The lowest BCUT2D eigenvalue weighted by atomic mass is 10.0. The van der Waals surface area contributed by atoms with Gasteiger partial charge in [-0.3, -0.25) is 0 Å². The van der Waals surface area contributed by atoms with Crippen molar-refractivity contribution in [1.29, 1.82) is 0 Å². The van der Waals surface area contributed by atoms with Gasteiger partial charge >= 0.3 is 0 Å². The van der Waals surface area contributed by atoms with Crippen molar-refractivity contribution in [3.8, 4) is 17.0 Å². The topological polar surface area (TPSA) is 61.0 Å². The van der Waals surface area contributed by atoms with E-state index in [2.05, 4.69) is 9.97 Å². The van der Waals surface area contributed by atoms with Gasteiger partial charge in [0.2, 0.25) is 0 Å². The van der Waals surface area contributed by atoms with Crippen molar-refractivity contribution in [2.75, 3.05) is 12.8 Å². The van der Waals surface area contributed by atoms with Crippen molar-refractivity contribution in [3.63, 3.8) is 0 Å². The zero-order valence-electron chi connectivity index (χ0n) is 10.8. The minimum atomic E-state index is 0.296. The minimum absolute atomic E-state index is 0.296. The van der Waals surface area contributed by atoms with E-state index < -0.39 is 0 Å². The summed E-state index contributed by atoms with van der Waals surface area (Å²) in [5.41, 5.74) is 7.21. The van der Waals surface area contributed by atoms with Gasteiger partial charge in [-0.05, 0) is 11.5 Å². The first-order chi connectivity index (χ1) is 9.70. The Hall–Kier alpha value is -2.33. The number of aromatic nitrogens is 2. The third-order valence-electron chi connectivity index (χ3n) is 3.11. The highest BCUT2D eigenvalue weighted by molar-refractivity contribution is 6.29. The van der Waals surface area contributed by atoms with E-state index in [1.54, 1.807) is 7.11 Å². The number of ether oxygens (including phenoxy) is 1. The van der Waals surface area contributed by atoms with Crippen molar-refractivity contribution < 1.29 is 4.74 Å². The molecular weight excluding hydrogens is 274 g/mol. The van der Waals surface area contributed by atoms with Crippen molar-refractivity contribution in [2.45, 2.75) is 0 Å². The second kappa shape index (κ2) is 4.98. The van der Waals surface area contributed by atoms with Crippen LogP contribution in [0, 0.1) is 0 Å². The molecule has 20 heavy (non-hydrogen) atoms. The monoisotopic (exact) mass is 285 g/mol. The molecule has 0 saturated carbocycles. The number of hydrogen-bond acceptors (Lipinski definition) is 4. The van der Waals surface area contributed by atoms with Gasteiger partial charge in [-0.2, -0.15) is 0 Å². The molecule has 0 fully saturated rings. The molecule has 0 aliphatic heterocycles. The summed E-state index contributed by atoms with van der Waals surface area (Å²) in [4.78, 5) is 8.29. The van der Waals surface area contributed by atoms with E-state index in [1.807, 2.05) is 36.4 Å². The van der Waals surface area contributed by atoms with E-state index >= 15 is 0 Å². The van der Waals surface area contributed by atoms with Gasteiger partial charge in [0.25, 0.3) is 0 Å². The van der Waals surface area contributed by atoms with Crippen molar-refractivity contribution in [1.82, 2.24) is 9.97 Å². The van der Waals surface area contributed by atoms with Crippen LogP contribution in [0.15, 0.2) is 42.6 Å². The van der Waals surface area contributed by atoms with E-state index in [-0.39, 0.29) is 0 Å². The van der Waals surface area contributed by atoms with Crippen LogP contribution in [0.25, 0.3) is 22.0 Å². The Bertz CT molecular complexity index is 789. The predicted molar refractivity (Wildman–Crippen MR) is 80.9 cm³/mol. The van der Waals surface area contributed by atoms with Gasteiger partial charge in [0.05, 0.1) is 13.3 Å². The number of fused-ring (bicyclic) bond motifs is 1. The summed E-state index contributed by atoms with van der Waals surface area (Å²) in [6.07, 6.45) is 1.42. The zero-order valence-corrected chi connectivity index (χ0v) is 11.6. The number of nitrogens with two attached hydrogens (primary N) is 1. The quantitative estimate of drug-likeness (QED) is 0.782. The van der Waals surface area contributed by atoms with Crippen molar-refractivity contribution >= 4 is 28.2 Å². The molecule has 1 heterocycles. The first-order valence-electron chi connectivity index (χ1n) is 6.05. The van der Waals surface area contributed by atoms with E-state index in [0.29, 0.717) is 22.4 Å². The summed E-state index contributed by atoms with van der Waals surface area (Å²) in [6.45, 7) is 0. The molecule has 3 aromatic rings. The number of methoxy groups -OCH3 is 1. The third-order valence-corrected chi connectivity index (χ3v) is 3.29. The summed E-state index contributed by atoms with van der Waals surface area (Å²) < 4.78 is 5.54. The van der Waals surface area contributed by atoms with E-state index in [9.17, 15) is 0 Å². The zero-order chi connectivity index (χ0) is 14.1. The number of halogens is 1. The number of nitrogens with zero attached hydrogens (tertiary/aromatic N) is 2. The third kappa shape index (κ3) is 2.04. The van der Waals surface area contributed by atoms with Gasteiger partial charge in [-0.25, -0.2) is 9.97 Å². The fourth-order valence-electron chi connectivity index (χ4n) is 2.22. The molecular formula is C15H12ClN3O. The lowest BCUT2D eigenvalue weighted by molar-refractivity contribution is 0.421. The van der Waals surface area contributed by atoms with Gasteiger partial charge in [0.1, 0.15) is 22.4 Å². The molecule has 100 valence electrons. The lowest BCUT2D eigenvalue weighted by Crippen LogP contribution is -1.99. The molecule has 0 amide bonds. The van der Waals surface area contributed by atoms with Crippen LogP contribution in [-0.4, -0.2) is 17.1 Å². The number of nitrogen functional groups attached to an aromatic ring is 1. The first kappa shape index (κ1) is 12.7. The highest BCUT2D eigenvalue weighted by Crippen LogP contribution is 2.37. The molecule has 0 unspecified atom stereocenters. The number of hydrogen-bond donors (Lipinski definition) is 1. The van der Waals surface area contributed by atoms with Crippen molar-refractivity contribution in [2.24, 2.45) is 0 Å².